The van der Waals surface area contributed by atoms with E-state index in [9.17, 15) is 13.2 Å². The standard InChI is InChI=1S/C20H29F3N6O3/c1-14(2)13-26-19-28-17(15-3-5-16(6-4-15)32-20(21,22)23)27-18(29-19)25-8-10-31-12-11-30-9-7-24/h3-6,14H,7-13,24H2,1-2H3,(H2,25,26,27,28,29). The van der Waals surface area contributed by atoms with Gasteiger partial charge in [0.25, 0.3) is 0 Å². The molecule has 4 N–H and O–H groups in total. The number of nitrogens with zero attached hydrogens (tertiary/aromatic N) is 3. The topological polar surface area (TPSA) is 116 Å². The van der Waals surface area contributed by atoms with Gasteiger partial charge in [0.2, 0.25) is 11.9 Å². The Labute approximate surface area is 184 Å². The van der Waals surface area contributed by atoms with Crippen LogP contribution in [0.5, 0.6) is 5.75 Å². The van der Waals surface area contributed by atoms with Crippen molar-refractivity contribution >= 4 is 11.9 Å². The Hall–Kier alpha value is -2.70. The number of anilines is 2. The van der Waals surface area contributed by atoms with E-state index in [1.165, 1.54) is 24.3 Å². The summed E-state index contributed by atoms with van der Waals surface area (Å²) in [5.74, 6) is 1.03. The Morgan fingerprint density at radius 1 is 0.906 bits per heavy atom. The molecule has 0 radical (unpaired) electrons. The van der Waals surface area contributed by atoms with E-state index in [0.29, 0.717) is 75.3 Å². The molecule has 9 nitrogen and oxygen atoms in total. The van der Waals surface area contributed by atoms with Crippen molar-refractivity contribution in [2.24, 2.45) is 11.7 Å². The van der Waals surface area contributed by atoms with Crippen molar-refractivity contribution in [1.82, 2.24) is 15.0 Å². The summed E-state index contributed by atoms with van der Waals surface area (Å²) in [6, 6.07) is 5.33. The van der Waals surface area contributed by atoms with Crippen LogP contribution >= 0.6 is 0 Å². The summed E-state index contributed by atoms with van der Waals surface area (Å²) in [7, 11) is 0. The minimum Gasteiger partial charge on any atom is -0.406 e. The highest BCUT2D eigenvalue weighted by Crippen LogP contribution is 2.26. The number of alkyl halides is 3. The second-order valence-corrected chi connectivity index (χ2v) is 7.09. The molecule has 0 unspecified atom stereocenters. The number of aromatic nitrogens is 3. The lowest BCUT2D eigenvalue weighted by molar-refractivity contribution is -0.274. The third kappa shape index (κ3) is 10.1. The predicted octanol–water partition coefficient (Wildman–Crippen LogP) is 2.91. The average molecular weight is 458 g/mol. The molecule has 2 rings (SSSR count). The van der Waals surface area contributed by atoms with E-state index in [4.69, 9.17) is 15.2 Å². The number of rotatable bonds is 14. The van der Waals surface area contributed by atoms with Crippen LogP contribution in [0.25, 0.3) is 11.4 Å². The molecule has 0 spiro atoms. The second kappa shape index (κ2) is 13.0. The minimum atomic E-state index is -4.75. The van der Waals surface area contributed by atoms with Crippen molar-refractivity contribution in [3.05, 3.63) is 24.3 Å². The van der Waals surface area contributed by atoms with Crippen LogP contribution in [0.1, 0.15) is 13.8 Å². The molecule has 0 aliphatic carbocycles. The normalized spacial score (nSPS) is 11.6. The molecule has 0 fully saturated rings. The Balaban J connectivity index is 2.03. The zero-order valence-electron chi connectivity index (χ0n) is 18.1. The van der Waals surface area contributed by atoms with Crippen LogP contribution in [0.3, 0.4) is 0 Å². The number of nitrogens with one attached hydrogen (secondary N) is 2. The van der Waals surface area contributed by atoms with Gasteiger partial charge in [0, 0.05) is 25.2 Å². The van der Waals surface area contributed by atoms with Crippen LogP contribution in [-0.2, 0) is 9.47 Å². The summed E-state index contributed by atoms with van der Waals surface area (Å²) in [4.78, 5) is 13.1. The van der Waals surface area contributed by atoms with E-state index >= 15 is 0 Å². The van der Waals surface area contributed by atoms with E-state index < -0.39 is 6.36 Å². The first-order chi connectivity index (χ1) is 15.3. The molecule has 0 aliphatic rings. The van der Waals surface area contributed by atoms with Crippen LogP contribution < -0.4 is 21.1 Å². The van der Waals surface area contributed by atoms with Crippen molar-refractivity contribution in [1.29, 1.82) is 0 Å². The summed E-state index contributed by atoms with van der Waals surface area (Å²) >= 11 is 0. The molecular weight excluding hydrogens is 429 g/mol. The van der Waals surface area contributed by atoms with Gasteiger partial charge in [-0.2, -0.15) is 15.0 Å². The molecule has 0 atom stereocenters. The van der Waals surface area contributed by atoms with Crippen molar-refractivity contribution in [3.63, 3.8) is 0 Å². The number of hydrogen-bond acceptors (Lipinski definition) is 9. The van der Waals surface area contributed by atoms with Gasteiger partial charge in [-0.25, -0.2) is 0 Å². The first kappa shape index (κ1) is 25.6. The molecular formula is C20H29F3N6O3. The van der Waals surface area contributed by atoms with E-state index in [-0.39, 0.29) is 5.75 Å². The average Bonchev–Trinajstić information content (AvgIpc) is 2.73. The van der Waals surface area contributed by atoms with E-state index in [0.717, 1.165) is 0 Å². The fourth-order valence-corrected chi connectivity index (χ4v) is 2.40. The lowest BCUT2D eigenvalue weighted by atomic mass is 10.2. The first-order valence-electron chi connectivity index (χ1n) is 10.2. The highest BCUT2D eigenvalue weighted by Gasteiger charge is 2.31. The fraction of sp³-hybridized carbons (Fsp3) is 0.550. The number of halogens is 3. The zero-order valence-corrected chi connectivity index (χ0v) is 18.1. The Kier molecular flexibility index (Phi) is 10.4. The van der Waals surface area contributed by atoms with E-state index in [2.05, 4.69) is 30.3 Å². The molecule has 0 bridgehead atoms. The fourth-order valence-electron chi connectivity index (χ4n) is 2.40. The first-order valence-corrected chi connectivity index (χ1v) is 10.2. The molecule has 12 heteroatoms. The number of benzene rings is 1. The Morgan fingerprint density at radius 3 is 2.12 bits per heavy atom. The second-order valence-electron chi connectivity index (χ2n) is 7.09. The maximum atomic E-state index is 12.4. The third-order valence-corrected chi connectivity index (χ3v) is 3.81. The van der Waals surface area contributed by atoms with Gasteiger partial charge in [0.05, 0.1) is 26.4 Å². The van der Waals surface area contributed by atoms with Crippen molar-refractivity contribution in [3.8, 4) is 17.1 Å². The predicted molar refractivity (Wildman–Crippen MR) is 114 cm³/mol. The summed E-state index contributed by atoms with van der Waals surface area (Å²) in [5, 5.41) is 6.20. The van der Waals surface area contributed by atoms with Crippen molar-refractivity contribution in [2.75, 3.05) is 56.7 Å². The maximum absolute atomic E-state index is 12.4. The van der Waals surface area contributed by atoms with Gasteiger partial charge in [-0.1, -0.05) is 13.8 Å². The molecule has 1 heterocycles. The highest BCUT2D eigenvalue weighted by atomic mass is 19.4. The lowest BCUT2D eigenvalue weighted by Crippen LogP contribution is -2.17. The quantitative estimate of drug-likeness (QED) is 0.367. The number of hydrogen-bond donors (Lipinski definition) is 3. The lowest BCUT2D eigenvalue weighted by Gasteiger charge is -2.12. The molecule has 0 amide bonds. The zero-order chi connectivity index (χ0) is 23.4. The van der Waals surface area contributed by atoms with Gasteiger partial charge in [0.1, 0.15) is 5.75 Å². The molecule has 1 aromatic carbocycles. The van der Waals surface area contributed by atoms with Crippen molar-refractivity contribution in [2.45, 2.75) is 20.2 Å². The molecule has 0 aliphatic heterocycles. The number of nitrogens with two attached hydrogens (primary N) is 1. The minimum absolute atomic E-state index is 0.309. The van der Waals surface area contributed by atoms with Gasteiger partial charge in [-0.15, -0.1) is 13.2 Å². The SMILES string of the molecule is CC(C)CNc1nc(NCCOCCOCCN)nc(-c2ccc(OC(F)(F)F)cc2)n1. The smallest absolute Gasteiger partial charge is 0.406 e. The summed E-state index contributed by atoms with van der Waals surface area (Å²) in [6.45, 7) is 7.45. The van der Waals surface area contributed by atoms with Crippen LogP contribution in [0.4, 0.5) is 25.1 Å². The van der Waals surface area contributed by atoms with E-state index in [1.807, 2.05) is 13.8 Å². The van der Waals surface area contributed by atoms with Gasteiger partial charge in [-0.3, -0.25) is 0 Å². The molecule has 0 saturated carbocycles. The molecule has 32 heavy (non-hydrogen) atoms. The van der Waals surface area contributed by atoms with Gasteiger partial charge in [0.15, 0.2) is 5.82 Å². The third-order valence-electron chi connectivity index (χ3n) is 3.81. The Morgan fingerprint density at radius 2 is 1.53 bits per heavy atom. The van der Waals surface area contributed by atoms with Gasteiger partial charge < -0.3 is 30.6 Å². The summed E-state index contributed by atoms with van der Waals surface area (Å²) in [6.07, 6.45) is -4.75. The Bertz CT molecular complexity index is 806. The summed E-state index contributed by atoms with van der Waals surface area (Å²) < 4.78 is 51.7. The van der Waals surface area contributed by atoms with Gasteiger partial charge >= 0.3 is 6.36 Å². The van der Waals surface area contributed by atoms with Crippen LogP contribution in [0.15, 0.2) is 24.3 Å². The monoisotopic (exact) mass is 458 g/mol. The largest absolute Gasteiger partial charge is 0.573 e. The molecule has 2 aromatic rings. The molecule has 178 valence electrons. The van der Waals surface area contributed by atoms with Crippen LogP contribution in [0.2, 0.25) is 0 Å². The van der Waals surface area contributed by atoms with Gasteiger partial charge in [-0.05, 0) is 30.2 Å². The number of ether oxygens (including phenoxy) is 3. The maximum Gasteiger partial charge on any atom is 0.573 e. The van der Waals surface area contributed by atoms with Crippen molar-refractivity contribution < 1.29 is 27.4 Å². The highest BCUT2D eigenvalue weighted by molar-refractivity contribution is 5.59. The van der Waals surface area contributed by atoms with E-state index in [1.54, 1.807) is 0 Å². The molecule has 0 saturated heterocycles. The van der Waals surface area contributed by atoms with Crippen LogP contribution in [-0.4, -0.2) is 67.4 Å². The van der Waals surface area contributed by atoms with Crippen LogP contribution in [0, 0.1) is 5.92 Å². The summed E-state index contributed by atoms with van der Waals surface area (Å²) in [5.41, 5.74) is 5.86. The molecule has 1 aromatic heterocycles.